The molecule has 4 rings (SSSR count). The Morgan fingerprint density at radius 3 is 2.64 bits per heavy atom. The van der Waals surface area contributed by atoms with Crippen molar-refractivity contribution in [3.63, 3.8) is 0 Å². The van der Waals surface area contributed by atoms with Crippen molar-refractivity contribution in [2.75, 3.05) is 0 Å². The number of nitrogens with zero attached hydrogens (tertiary/aromatic N) is 2. The molecule has 0 unspecified atom stereocenters. The molecule has 0 atom stereocenters. The number of alkyl halides is 2. The molecule has 3 aromatic rings. The van der Waals surface area contributed by atoms with Gasteiger partial charge in [-0.1, -0.05) is 13.8 Å². The fourth-order valence-electron chi connectivity index (χ4n) is 4.40. The SMILES string of the molecule is Cc1cc(F)cc(C(C)C)c1Cc1nccc2c1ccn2CC1CC(F)(F)C1. The van der Waals surface area contributed by atoms with Crippen LogP contribution >= 0.6 is 0 Å². The molecule has 2 aromatic heterocycles. The zero-order valence-corrected chi connectivity index (χ0v) is 16.5. The Bertz CT molecular complexity index is 1010. The Kier molecular flexibility index (Phi) is 4.72. The van der Waals surface area contributed by atoms with E-state index in [4.69, 9.17) is 0 Å². The second-order valence-electron chi connectivity index (χ2n) is 8.41. The quantitative estimate of drug-likeness (QED) is 0.507. The normalized spacial score (nSPS) is 16.7. The van der Waals surface area contributed by atoms with Crippen molar-refractivity contribution in [1.82, 2.24) is 9.55 Å². The van der Waals surface area contributed by atoms with E-state index < -0.39 is 5.92 Å². The Morgan fingerprint density at radius 1 is 1.21 bits per heavy atom. The lowest BCUT2D eigenvalue weighted by molar-refractivity contribution is -0.113. The van der Waals surface area contributed by atoms with Crippen molar-refractivity contribution in [2.45, 2.75) is 58.4 Å². The van der Waals surface area contributed by atoms with E-state index in [0.717, 1.165) is 33.3 Å². The van der Waals surface area contributed by atoms with Crippen molar-refractivity contribution in [1.29, 1.82) is 0 Å². The van der Waals surface area contributed by atoms with Crippen molar-refractivity contribution < 1.29 is 13.2 Å². The maximum atomic E-state index is 13.9. The van der Waals surface area contributed by atoms with E-state index in [0.29, 0.717) is 13.0 Å². The van der Waals surface area contributed by atoms with Crippen LogP contribution in [0.15, 0.2) is 36.7 Å². The number of hydrogen-bond donors (Lipinski definition) is 0. The lowest BCUT2D eigenvalue weighted by Gasteiger charge is -2.35. The average Bonchev–Trinajstić information content (AvgIpc) is 2.99. The van der Waals surface area contributed by atoms with Crippen LogP contribution in [0.4, 0.5) is 13.2 Å². The van der Waals surface area contributed by atoms with E-state index >= 15 is 0 Å². The van der Waals surface area contributed by atoms with Gasteiger partial charge in [0.05, 0.1) is 11.2 Å². The van der Waals surface area contributed by atoms with Gasteiger partial charge in [0.25, 0.3) is 0 Å². The zero-order chi connectivity index (χ0) is 20.1. The van der Waals surface area contributed by atoms with Gasteiger partial charge < -0.3 is 4.57 Å². The van der Waals surface area contributed by atoms with Crippen LogP contribution in [-0.2, 0) is 13.0 Å². The van der Waals surface area contributed by atoms with Gasteiger partial charge in [0, 0.05) is 43.6 Å². The highest BCUT2D eigenvalue weighted by Gasteiger charge is 2.45. The number of benzene rings is 1. The molecule has 1 aliphatic rings. The summed E-state index contributed by atoms with van der Waals surface area (Å²) < 4.78 is 42.3. The number of rotatable bonds is 5. The van der Waals surface area contributed by atoms with Gasteiger partial charge in [0.15, 0.2) is 0 Å². The van der Waals surface area contributed by atoms with Crippen LogP contribution in [0.2, 0.25) is 0 Å². The molecule has 1 aromatic carbocycles. The largest absolute Gasteiger partial charge is 0.347 e. The molecule has 0 amide bonds. The lowest BCUT2D eigenvalue weighted by atomic mass is 9.81. The summed E-state index contributed by atoms with van der Waals surface area (Å²) in [5, 5.41) is 1.03. The van der Waals surface area contributed by atoms with E-state index in [9.17, 15) is 13.2 Å². The highest BCUT2D eigenvalue weighted by molar-refractivity contribution is 5.82. The molecule has 0 aliphatic heterocycles. The summed E-state index contributed by atoms with van der Waals surface area (Å²) in [6.07, 6.45) is 4.31. The summed E-state index contributed by atoms with van der Waals surface area (Å²) in [7, 11) is 0. The minimum atomic E-state index is -2.49. The van der Waals surface area contributed by atoms with E-state index in [1.807, 2.05) is 25.3 Å². The molecular formula is C23H25F3N2. The number of hydrogen-bond acceptors (Lipinski definition) is 1. The first-order valence-corrected chi connectivity index (χ1v) is 9.83. The molecule has 0 spiro atoms. The second-order valence-corrected chi connectivity index (χ2v) is 8.41. The minimum Gasteiger partial charge on any atom is -0.347 e. The summed E-state index contributed by atoms with van der Waals surface area (Å²) in [4.78, 5) is 4.59. The molecule has 5 heteroatoms. The standard InChI is InChI=1S/C23H25F3N2/c1-14(2)19-9-17(24)8-15(3)20(19)10-21-18-5-7-28(22(18)4-6-27-21)13-16-11-23(25,26)12-16/h4-9,14,16H,10-13H2,1-3H3. The molecule has 148 valence electrons. The number of fused-ring (bicyclic) bond motifs is 1. The first-order chi connectivity index (χ1) is 13.2. The topological polar surface area (TPSA) is 17.8 Å². The van der Waals surface area contributed by atoms with Gasteiger partial charge in [0.2, 0.25) is 5.92 Å². The number of aromatic nitrogens is 2. The summed E-state index contributed by atoms with van der Waals surface area (Å²) in [5.41, 5.74) is 5.01. The van der Waals surface area contributed by atoms with Gasteiger partial charge in [-0.25, -0.2) is 13.2 Å². The van der Waals surface area contributed by atoms with Crippen LogP contribution in [0, 0.1) is 18.7 Å². The summed E-state index contributed by atoms with van der Waals surface area (Å²) in [6.45, 7) is 6.68. The Hall–Kier alpha value is -2.30. The van der Waals surface area contributed by atoms with Crippen molar-refractivity contribution in [3.05, 3.63) is 64.9 Å². The predicted molar refractivity (Wildman–Crippen MR) is 105 cm³/mol. The summed E-state index contributed by atoms with van der Waals surface area (Å²) in [5.74, 6) is -2.46. The molecule has 0 radical (unpaired) electrons. The first kappa shape index (κ1) is 19.0. The van der Waals surface area contributed by atoms with Crippen molar-refractivity contribution >= 4 is 10.9 Å². The fraction of sp³-hybridized carbons (Fsp3) is 0.435. The molecule has 0 bridgehead atoms. The first-order valence-electron chi connectivity index (χ1n) is 9.83. The van der Waals surface area contributed by atoms with E-state index in [2.05, 4.69) is 23.4 Å². The van der Waals surface area contributed by atoms with Gasteiger partial charge in [-0.15, -0.1) is 0 Å². The molecule has 1 aliphatic carbocycles. The van der Waals surface area contributed by atoms with Crippen LogP contribution in [-0.4, -0.2) is 15.5 Å². The highest BCUT2D eigenvalue weighted by Crippen LogP contribution is 2.43. The predicted octanol–water partition coefficient (Wildman–Crippen LogP) is 6.24. The smallest absolute Gasteiger partial charge is 0.248 e. The third kappa shape index (κ3) is 3.54. The third-order valence-corrected chi connectivity index (χ3v) is 5.85. The van der Waals surface area contributed by atoms with E-state index in [1.165, 1.54) is 0 Å². The Morgan fingerprint density at radius 2 is 1.96 bits per heavy atom. The van der Waals surface area contributed by atoms with Gasteiger partial charge in [-0.05, 0) is 59.7 Å². The van der Waals surface area contributed by atoms with Crippen LogP contribution in [0.3, 0.4) is 0 Å². The van der Waals surface area contributed by atoms with Gasteiger partial charge in [-0.3, -0.25) is 4.98 Å². The molecular weight excluding hydrogens is 361 g/mol. The molecule has 2 nitrogen and oxygen atoms in total. The van der Waals surface area contributed by atoms with Crippen molar-refractivity contribution in [2.24, 2.45) is 5.92 Å². The maximum Gasteiger partial charge on any atom is 0.248 e. The van der Waals surface area contributed by atoms with Crippen LogP contribution < -0.4 is 0 Å². The zero-order valence-electron chi connectivity index (χ0n) is 16.5. The maximum absolute atomic E-state index is 13.9. The molecule has 1 saturated carbocycles. The average molecular weight is 386 g/mol. The molecule has 0 N–H and O–H groups in total. The second kappa shape index (κ2) is 6.94. The van der Waals surface area contributed by atoms with Crippen LogP contribution in [0.5, 0.6) is 0 Å². The molecule has 0 saturated heterocycles. The van der Waals surface area contributed by atoms with E-state index in [1.54, 1.807) is 18.3 Å². The number of halogens is 3. The molecule has 2 heterocycles. The number of pyridine rings is 1. The number of aryl methyl sites for hydroxylation is 1. The van der Waals surface area contributed by atoms with Crippen LogP contribution in [0.1, 0.15) is 55.0 Å². The summed E-state index contributed by atoms with van der Waals surface area (Å²) >= 11 is 0. The minimum absolute atomic E-state index is 0.0223. The van der Waals surface area contributed by atoms with Gasteiger partial charge >= 0.3 is 0 Å². The van der Waals surface area contributed by atoms with Crippen molar-refractivity contribution in [3.8, 4) is 0 Å². The highest BCUT2D eigenvalue weighted by atomic mass is 19.3. The monoisotopic (exact) mass is 386 g/mol. The van der Waals surface area contributed by atoms with Gasteiger partial charge in [0.1, 0.15) is 5.82 Å². The van der Waals surface area contributed by atoms with Gasteiger partial charge in [-0.2, -0.15) is 0 Å². The lowest BCUT2D eigenvalue weighted by Crippen LogP contribution is -2.37. The third-order valence-electron chi connectivity index (χ3n) is 5.85. The molecule has 1 fully saturated rings. The fourth-order valence-corrected chi connectivity index (χ4v) is 4.40. The Balaban J connectivity index is 1.66. The molecule has 28 heavy (non-hydrogen) atoms. The van der Waals surface area contributed by atoms with Crippen LogP contribution in [0.25, 0.3) is 10.9 Å². The Labute approximate surface area is 163 Å². The summed E-state index contributed by atoms with van der Waals surface area (Å²) in [6, 6.07) is 7.15. The van der Waals surface area contributed by atoms with E-state index in [-0.39, 0.29) is 30.5 Å².